The Bertz CT molecular complexity index is 372. The van der Waals surface area contributed by atoms with Crippen LogP contribution >= 0.6 is 0 Å². The number of carboxylic acids is 1. The van der Waals surface area contributed by atoms with E-state index in [1.165, 1.54) is 18.9 Å². The molecule has 1 aliphatic rings. The fraction of sp³-hybridized carbons (Fsp3) is 0.800. The first kappa shape index (κ1) is 15.0. The van der Waals surface area contributed by atoms with Crippen molar-refractivity contribution >= 4 is 11.9 Å². The summed E-state index contributed by atoms with van der Waals surface area (Å²) in [6.45, 7) is 3.10. The number of rotatable bonds is 5. The van der Waals surface area contributed by atoms with Gasteiger partial charge in [0.25, 0.3) is 6.29 Å². The van der Waals surface area contributed by atoms with E-state index >= 15 is 0 Å². The fourth-order valence-corrected chi connectivity index (χ4v) is 1.73. The van der Waals surface area contributed by atoms with Crippen LogP contribution in [0.25, 0.3) is 0 Å². The van der Waals surface area contributed by atoms with Gasteiger partial charge >= 0.3 is 11.9 Å². The van der Waals surface area contributed by atoms with Crippen LogP contribution < -0.4 is 0 Å². The average Bonchev–Trinajstić information content (AvgIpc) is 2.35. The summed E-state index contributed by atoms with van der Waals surface area (Å²) >= 11 is 0. The normalized spacial score (nSPS) is 21.7. The van der Waals surface area contributed by atoms with Crippen molar-refractivity contribution in [2.45, 2.75) is 33.0 Å². The zero-order chi connectivity index (χ0) is 14.4. The second-order valence-electron chi connectivity index (χ2n) is 4.21. The Balaban J connectivity index is 2.49. The molecule has 1 fully saturated rings. The van der Waals surface area contributed by atoms with Gasteiger partial charge in [0, 0.05) is 13.8 Å². The van der Waals surface area contributed by atoms with Crippen LogP contribution in [0, 0.1) is 11.1 Å². The lowest BCUT2D eigenvalue weighted by molar-refractivity contribution is -0.715. The molecule has 0 radical (unpaired) electrons. The van der Waals surface area contributed by atoms with Crippen molar-refractivity contribution in [2.24, 2.45) is 11.2 Å². The van der Waals surface area contributed by atoms with Gasteiger partial charge in [-0.1, -0.05) is 0 Å². The van der Waals surface area contributed by atoms with Crippen LogP contribution in [0.4, 0.5) is 0 Å². The summed E-state index contributed by atoms with van der Waals surface area (Å²) in [6, 6.07) is 0. The Morgan fingerprint density at radius 3 is 2.84 bits per heavy atom. The smallest absolute Gasteiger partial charge is 0.308 e. The number of ether oxygens (including phenoxy) is 1. The van der Waals surface area contributed by atoms with Gasteiger partial charge in [0.15, 0.2) is 0 Å². The number of hydrazine groups is 1. The number of piperidine rings is 1. The molecule has 0 bridgehead atoms. The summed E-state index contributed by atoms with van der Waals surface area (Å²) in [7, 11) is 0. The van der Waals surface area contributed by atoms with E-state index in [9.17, 15) is 14.8 Å². The first-order valence-corrected chi connectivity index (χ1v) is 5.89. The molecule has 0 aromatic carbocycles. The lowest BCUT2D eigenvalue weighted by Gasteiger charge is -2.26. The van der Waals surface area contributed by atoms with Crippen LogP contribution in [0.1, 0.15) is 26.7 Å². The highest BCUT2D eigenvalue weighted by Crippen LogP contribution is 2.16. The van der Waals surface area contributed by atoms with Crippen molar-refractivity contribution in [1.82, 2.24) is 5.01 Å². The Morgan fingerprint density at radius 1 is 1.58 bits per heavy atom. The van der Waals surface area contributed by atoms with Crippen molar-refractivity contribution in [3.05, 3.63) is 5.21 Å². The topological polar surface area (TPSA) is 114 Å². The van der Waals surface area contributed by atoms with Gasteiger partial charge in [-0.15, -0.1) is 5.01 Å². The first-order chi connectivity index (χ1) is 8.90. The third kappa shape index (κ3) is 4.98. The summed E-state index contributed by atoms with van der Waals surface area (Å²) in [5.41, 5.74) is 0. The first-order valence-electron chi connectivity index (χ1n) is 5.89. The van der Waals surface area contributed by atoms with E-state index in [0.717, 1.165) is 0 Å². The van der Waals surface area contributed by atoms with Crippen molar-refractivity contribution < 1.29 is 29.2 Å². The van der Waals surface area contributed by atoms with Gasteiger partial charge in [-0.2, -0.15) is 0 Å². The van der Waals surface area contributed by atoms with Crippen molar-refractivity contribution in [3.63, 3.8) is 0 Å². The Labute approximate surface area is 109 Å². The minimum atomic E-state index is -0.978. The molecule has 0 saturated carbocycles. The van der Waals surface area contributed by atoms with Crippen LogP contribution in [0.3, 0.4) is 0 Å². The van der Waals surface area contributed by atoms with E-state index < -0.39 is 24.1 Å². The molecule has 9 nitrogen and oxygen atoms in total. The number of carboxylic acid groups (broad SMARTS) is 1. The number of carbonyl (C=O) groups excluding carboxylic acids is 1. The molecule has 9 heteroatoms. The molecule has 0 aromatic heterocycles. The molecule has 0 aliphatic carbocycles. The number of hydrogen-bond donors (Lipinski definition) is 1. The predicted octanol–water partition coefficient (Wildman–Crippen LogP) is 0.501. The quantitative estimate of drug-likeness (QED) is 0.255. The summed E-state index contributed by atoms with van der Waals surface area (Å²) in [5.74, 6) is -2.08. The van der Waals surface area contributed by atoms with Gasteiger partial charge < -0.3 is 15.1 Å². The van der Waals surface area contributed by atoms with Crippen LogP contribution in [-0.2, 0) is 19.2 Å². The highest BCUT2D eigenvalue weighted by atomic mass is 16.8. The van der Waals surface area contributed by atoms with E-state index in [2.05, 4.69) is 14.9 Å². The minimum absolute atomic E-state index is 0.0770. The molecular weight excluding hydrogens is 258 g/mol. The predicted molar refractivity (Wildman–Crippen MR) is 60.3 cm³/mol. The minimum Gasteiger partial charge on any atom is -0.569 e. The second kappa shape index (κ2) is 6.76. The van der Waals surface area contributed by atoms with Gasteiger partial charge in [-0.3, -0.25) is 14.4 Å². The largest absolute Gasteiger partial charge is 0.569 e. The van der Waals surface area contributed by atoms with Crippen LogP contribution in [-0.4, -0.2) is 46.4 Å². The second-order valence-corrected chi connectivity index (χ2v) is 4.21. The summed E-state index contributed by atoms with van der Waals surface area (Å²) < 4.78 is 4.61. The molecule has 19 heavy (non-hydrogen) atoms. The van der Waals surface area contributed by atoms with Gasteiger partial charge in [0.1, 0.15) is 0 Å². The van der Waals surface area contributed by atoms with Crippen molar-refractivity contribution in [1.29, 1.82) is 0 Å². The van der Waals surface area contributed by atoms with Crippen LogP contribution in [0.5, 0.6) is 0 Å². The Morgan fingerprint density at radius 2 is 2.26 bits per heavy atom. The maximum absolute atomic E-state index is 11.6. The molecule has 2 atom stereocenters. The highest BCUT2D eigenvalue weighted by molar-refractivity contribution is 5.70. The lowest BCUT2D eigenvalue weighted by Crippen LogP contribution is -2.42. The van der Waals surface area contributed by atoms with Gasteiger partial charge in [-0.25, -0.2) is 0 Å². The summed E-state index contributed by atoms with van der Waals surface area (Å²) in [4.78, 5) is 26.3. The standard InChI is InChI=1S/C10H17N3O6/c1-7(14)18-8(2)19-11-13(17)12-5-3-4-9(6-12)10(15)16/h8-9H,3-6H2,1-2H3,(H,15,16)/b13-11-. The number of esters is 1. The Kier molecular flexibility index (Phi) is 5.34. The van der Waals surface area contributed by atoms with Gasteiger partial charge in [0.05, 0.1) is 24.0 Å². The summed E-state index contributed by atoms with van der Waals surface area (Å²) in [5, 5.41) is 24.9. The summed E-state index contributed by atoms with van der Waals surface area (Å²) in [6.07, 6.45) is 0.142. The molecular formula is C10H17N3O6. The maximum Gasteiger partial charge on any atom is 0.308 e. The van der Waals surface area contributed by atoms with Crippen molar-refractivity contribution in [2.75, 3.05) is 13.1 Å². The van der Waals surface area contributed by atoms with Gasteiger partial charge in [-0.05, 0) is 12.8 Å². The van der Waals surface area contributed by atoms with Crippen LogP contribution in [0.2, 0.25) is 0 Å². The maximum atomic E-state index is 11.6. The molecule has 0 amide bonds. The average molecular weight is 275 g/mol. The molecule has 1 heterocycles. The molecule has 1 saturated heterocycles. The number of nitrogens with zero attached hydrogens (tertiary/aromatic N) is 3. The van der Waals surface area contributed by atoms with Crippen LogP contribution in [0.15, 0.2) is 5.28 Å². The lowest BCUT2D eigenvalue weighted by atomic mass is 10.00. The zero-order valence-corrected chi connectivity index (χ0v) is 10.8. The molecule has 108 valence electrons. The highest BCUT2D eigenvalue weighted by Gasteiger charge is 2.29. The third-order valence-corrected chi connectivity index (χ3v) is 2.59. The van der Waals surface area contributed by atoms with E-state index in [1.54, 1.807) is 0 Å². The fourth-order valence-electron chi connectivity index (χ4n) is 1.73. The number of carbonyl (C=O) groups is 2. The molecule has 2 unspecified atom stereocenters. The molecule has 0 spiro atoms. The van der Waals surface area contributed by atoms with E-state index in [-0.39, 0.29) is 11.5 Å². The number of aliphatic carboxylic acids is 1. The van der Waals surface area contributed by atoms with E-state index in [1.807, 2.05) is 0 Å². The Hall–Kier alpha value is -2.06. The molecule has 1 aliphatic heterocycles. The molecule has 1 rings (SSSR count). The van der Waals surface area contributed by atoms with E-state index in [0.29, 0.717) is 19.4 Å². The third-order valence-electron chi connectivity index (χ3n) is 2.59. The monoisotopic (exact) mass is 275 g/mol. The zero-order valence-electron chi connectivity index (χ0n) is 10.8. The SMILES string of the molecule is CC(=O)OC(C)O/N=[N+](\[O-])N1CCCC(C(=O)O)C1. The van der Waals surface area contributed by atoms with E-state index in [4.69, 9.17) is 5.11 Å². The van der Waals surface area contributed by atoms with Crippen molar-refractivity contribution in [3.8, 4) is 0 Å². The molecule has 1 N–H and O–H groups in total. The van der Waals surface area contributed by atoms with Gasteiger partial charge in [0.2, 0.25) is 5.28 Å². The number of hydrogen-bond acceptors (Lipinski definition) is 6. The molecule has 0 aromatic rings.